The van der Waals surface area contributed by atoms with Crippen molar-refractivity contribution in [2.75, 3.05) is 4.90 Å². The number of halogens is 1. The maximum Gasteiger partial charge on any atom is 0.338 e. The van der Waals surface area contributed by atoms with Crippen LogP contribution in [0.1, 0.15) is 41.6 Å². The van der Waals surface area contributed by atoms with E-state index in [4.69, 9.17) is 16.3 Å². The fourth-order valence-corrected chi connectivity index (χ4v) is 3.64. The van der Waals surface area contributed by atoms with Crippen molar-refractivity contribution in [3.8, 4) is 0 Å². The number of benzene rings is 2. The molecule has 1 aliphatic heterocycles. The average molecular weight is 414 g/mol. The number of amides is 2. The lowest BCUT2D eigenvalue weighted by atomic mass is 10.1. The molecule has 0 N–H and O–H groups in total. The Morgan fingerprint density at radius 3 is 2.57 bits per heavy atom. The summed E-state index contributed by atoms with van der Waals surface area (Å²) in [6.45, 7) is 1.73. The average Bonchev–Trinajstić information content (AvgIpc) is 3.22. The monoisotopic (exact) mass is 413 g/mol. The molecule has 0 saturated heterocycles. The fraction of sp³-hybridized carbons (Fsp3) is 0.105. The highest BCUT2D eigenvalue weighted by atomic mass is 35.5. The van der Waals surface area contributed by atoms with E-state index in [1.54, 1.807) is 31.2 Å². The van der Waals surface area contributed by atoms with Crippen molar-refractivity contribution in [3.05, 3.63) is 74.7 Å². The number of ether oxygens (including phenoxy) is 1. The highest BCUT2D eigenvalue weighted by Gasteiger charge is 2.39. The number of rotatable bonds is 4. The van der Waals surface area contributed by atoms with Crippen LogP contribution < -0.4 is 4.90 Å². The minimum absolute atomic E-state index is 0.00133. The van der Waals surface area contributed by atoms with Crippen molar-refractivity contribution in [1.82, 2.24) is 10.2 Å². The molecule has 9 heteroatoms. The van der Waals surface area contributed by atoms with E-state index >= 15 is 0 Å². The van der Waals surface area contributed by atoms with Gasteiger partial charge < -0.3 is 4.74 Å². The number of imide groups is 1. The Balaban J connectivity index is 1.56. The molecule has 1 aromatic heterocycles. The molecule has 2 aromatic carbocycles. The van der Waals surface area contributed by atoms with E-state index < -0.39 is 17.8 Å². The second-order valence-corrected chi connectivity index (χ2v) is 7.54. The maximum atomic E-state index is 12.7. The van der Waals surface area contributed by atoms with Crippen molar-refractivity contribution in [2.45, 2.75) is 13.5 Å². The number of hydrogen-bond acceptors (Lipinski definition) is 7. The van der Waals surface area contributed by atoms with Crippen LogP contribution in [0.3, 0.4) is 0 Å². The standard InChI is InChI=1S/C19H12ClN3O4S/c1-10-21-22-19(28-10)23-16(24)13-7-6-11(8-14(13)17(23)25)18(26)27-9-12-4-2-3-5-15(12)20/h2-8H,9H2,1H3. The number of fused-ring (bicyclic) bond motifs is 1. The summed E-state index contributed by atoms with van der Waals surface area (Å²) in [7, 11) is 0. The molecule has 4 rings (SSSR count). The number of hydrogen-bond donors (Lipinski definition) is 0. The topological polar surface area (TPSA) is 89.5 Å². The molecule has 1 aliphatic rings. The minimum atomic E-state index is -0.617. The minimum Gasteiger partial charge on any atom is -0.457 e. The zero-order valence-electron chi connectivity index (χ0n) is 14.5. The zero-order valence-corrected chi connectivity index (χ0v) is 16.1. The van der Waals surface area contributed by atoms with Gasteiger partial charge in [-0.15, -0.1) is 10.2 Å². The molecule has 2 heterocycles. The molecule has 0 fully saturated rings. The lowest BCUT2D eigenvalue weighted by molar-refractivity contribution is 0.0472. The molecule has 7 nitrogen and oxygen atoms in total. The Bertz CT molecular complexity index is 1130. The van der Waals surface area contributed by atoms with E-state index in [2.05, 4.69) is 10.2 Å². The first-order valence-electron chi connectivity index (χ1n) is 8.19. The van der Waals surface area contributed by atoms with Gasteiger partial charge in [-0.1, -0.05) is 41.1 Å². The molecule has 0 aliphatic carbocycles. The second-order valence-electron chi connectivity index (χ2n) is 5.98. The van der Waals surface area contributed by atoms with Gasteiger partial charge in [0.05, 0.1) is 16.7 Å². The summed E-state index contributed by atoms with van der Waals surface area (Å²) < 4.78 is 5.28. The van der Waals surface area contributed by atoms with Gasteiger partial charge in [-0.25, -0.2) is 9.69 Å². The summed E-state index contributed by atoms with van der Waals surface area (Å²) >= 11 is 7.19. The lowest BCUT2D eigenvalue weighted by Crippen LogP contribution is -2.29. The number of carbonyl (C=O) groups excluding carboxylic acids is 3. The smallest absolute Gasteiger partial charge is 0.338 e. The molecule has 3 aromatic rings. The molecule has 0 saturated carbocycles. The molecule has 140 valence electrons. The second kappa shape index (κ2) is 7.14. The van der Waals surface area contributed by atoms with Gasteiger partial charge in [0.1, 0.15) is 11.6 Å². The molecular weight excluding hydrogens is 402 g/mol. The van der Waals surface area contributed by atoms with E-state index in [1.165, 1.54) is 18.2 Å². The van der Waals surface area contributed by atoms with E-state index in [-0.39, 0.29) is 28.4 Å². The van der Waals surface area contributed by atoms with Gasteiger partial charge in [-0.2, -0.15) is 0 Å². The summed E-state index contributed by atoms with van der Waals surface area (Å²) in [5.74, 6) is -1.66. The SMILES string of the molecule is Cc1nnc(N2C(=O)c3ccc(C(=O)OCc4ccccc4Cl)cc3C2=O)s1. The summed E-state index contributed by atoms with van der Waals surface area (Å²) in [6.07, 6.45) is 0. The van der Waals surface area contributed by atoms with E-state index in [1.807, 2.05) is 0 Å². The lowest BCUT2D eigenvalue weighted by Gasteiger charge is -2.07. The van der Waals surface area contributed by atoms with Gasteiger partial charge in [0.2, 0.25) is 5.13 Å². The molecule has 0 atom stereocenters. The number of esters is 1. The van der Waals surface area contributed by atoms with Gasteiger partial charge in [-0.05, 0) is 31.2 Å². The van der Waals surface area contributed by atoms with Crippen LogP contribution in [0.15, 0.2) is 42.5 Å². The Labute approximate surface area is 168 Å². The van der Waals surface area contributed by atoms with Crippen LogP contribution in [0.25, 0.3) is 0 Å². The Kier molecular flexibility index (Phi) is 4.66. The van der Waals surface area contributed by atoms with Crippen LogP contribution in [0, 0.1) is 6.92 Å². The molecule has 0 spiro atoms. The van der Waals surface area contributed by atoms with Crippen LogP contribution >= 0.6 is 22.9 Å². The zero-order chi connectivity index (χ0) is 19.8. The summed E-state index contributed by atoms with van der Waals surface area (Å²) in [5.41, 5.74) is 1.18. The van der Waals surface area contributed by atoms with Gasteiger partial charge in [0.25, 0.3) is 11.8 Å². The number of aryl methyl sites for hydroxylation is 1. The van der Waals surface area contributed by atoms with Crippen LogP contribution in [0.4, 0.5) is 5.13 Å². The molecule has 0 unspecified atom stereocenters. The number of carbonyl (C=O) groups is 3. The number of aromatic nitrogens is 2. The van der Waals surface area contributed by atoms with Crippen molar-refractivity contribution in [1.29, 1.82) is 0 Å². The summed E-state index contributed by atoms with van der Waals surface area (Å²) in [6, 6.07) is 11.3. The largest absolute Gasteiger partial charge is 0.457 e. The highest BCUT2D eigenvalue weighted by Crippen LogP contribution is 2.31. The van der Waals surface area contributed by atoms with Gasteiger partial charge in [-0.3, -0.25) is 9.59 Å². The fourth-order valence-electron chi connectivity index (χ4n) is 2.76. The highest BCUT2D eigenvalue weighted by molar-refractivity contribution is 7.15. The first-order chi connectivity index (χ1) is 13.5. The molecule has 0 bridgehead atoms. The van der Waals surface area contributed by atoms with Crippen LogP contribution in [0.5, 0.6) is 0 Å². The third-order valence-corrected chi connectivity index (χ3v) is 5.34. The van der Waals surface area contributed by atoms with Gasteiger partial charge in [0, 0.05) is 10.6 Å². The number of nitrogens with zero attached hydrogens (tertiary/aromatic N) is 3. The van der Waals surface area contributed by atoms with Crippen molar-refractivity contribution in [2.24, 2.45) is 0 Å². The van der Waals surface area contributed by atoms with Gasteiger partial charge in [0.15, 0.2) is 0 Å². The Hall–Kier alpha value is -3.10. The van der Waals surface area contributed by atoms with Crippen molar-refractivity contribution >= 4 is 45.9 Å². The normalized spacial score (nSPS) is 13.0. The third-order valence-electron chi connectivity index (χ3n) is 4.15. The van der Waals surface area contributed by atoms with E-state index in [0.29, 0.717) is 15.6 Å². The van der Waals surface area contributed by atoms with Crippen LogP contribution in [-0.4, -0.2) is 28.0 Å². The summed E-state index contributed by atoms with van der Waals surface area (Å²) in [4.78, 5) is 38.6. The van der Waals surface area contributed by atoms with Gasteiger partial charge >= 0.3 is 5.97 Å². The Morgan fingerprint density at radius 1 is 1.11 bits per heavy atom. The maximum absolute atomic E-state index is 12.7. The summed E-state index contributed by atoms with van der Waals surface area (Å²) in [5, 5.41) is 9.02. The molecule has 0 radical (unpaired) electrons. The first kappa shape index (κ1) is 18.3. The van der Waals surface area contributed by atoms with Crippen LogP contribution in [-0.2, 0) is 11.3 Å². The predicted octanol–water partition coefficient (Wildman–Crippen LogP) is 3.66. The molecular formula is C19H12ClN3O4S. The molecule has 28 heavy (non-hydrogen) atoms. The number of anilines is 1. The quantitative estimate of drug-likeness (QED) is 0.479. The van der Waals surface area contributed by atoms with Crippen LogP contribution in [0.2, 0.25) is 5.02 Å². The van der Waals surface area contributed by atoms with E-state index in [9.17, 15) is 14.4 Å². The van der Waals surface area contributed by atoms with E-state index in [0.717, 1.165) is 16.2 Å². The Morgan fingerprint density at radius 2 is 1.86 bits per heavy atom. The third kappa shape index (κ3) is 3.17. The van der Waals surface area contributed by atoms with Crippen molar-refractivity contribution in [3.63, 3.8) is 0 Å². The van der Waals surface area contributed by atoms with Crippen molar-refractivity contribution < 1.29 is 19.1 Å². The first-order valence-corrected chi connectivity index (χ1v) is 9.38. The molecule has 2 amide bonds. The predicted molar refractivity (Wildman–Crippen MR) is 103 cm³/mol.